The summed E-state index contributed by atoms with van der Waals surface area (Å²) in [6.07, 6.45) is 5.68. The molecule has 0 bridgehead atoms. The van der Waals surface area contributed by atoms with Crippen molar-refractivity contribution in [3.05, 3.63) is 28.2 Å². The van der Waals surface area contributed by atoms with Gasteiger partial charge in [0.05, 0.1) is 11.1 Å². The van der Waals surface area contributed by atoms with Gasteiger partial charge in [-0.15, -0.1) is 0 Å². The van der Waals surface area contributed by atoms with Gasteiger partial charge in [-0.1, -0.05) is 42.5 Å². The van der Waals surface area contributed by atoms with Gasteiger partial charge in [0, 0.05) is 37.2 Å². The first kappa shape index (κ1) is 21.8. The SMILES string of the molecule is C[C@@H](C(=O)NC1CCCCC1)N1CCN(S(=O)(=O)c2cc(Cl)ccc2Cl)CC1. The highest BCUT2D eigenvalue weighted by Gasteiger charge is 2.33. The van der Waals surface area contributed by atoms with Crippen LogP contribution in [0.15, 0.2) is 23.1 Å². The maximum absolute atomic E-state index is 12.9. The number of nitrogens with zero attached hydrogens (tertiary/aromatic N) is 2. The van der Waals surface area contributed by atoms with Crippen molar-refractivity contribution < 1.29 is 13.2 Å². The van der Waals surface area contributed by atoms with E-state index in [0.29, 0.717) is 31.2 Å². The van der Waals surface area contributed by atoms with E-state index >= 15 is 0 Å². The molecule has 3 rings (SSSR count). The second-order valence-electron chi connectivity index (χ2n) is 7.53. The number of benzene rings is 1. The highest BCUT2D eigenvalue weighted by atomic mass is 35.5. The second kappa shape index (κ2) is 9.30. The summed E-state index contributed by atoms with van der Waals surface area (Å²) >= 11 is 12.0. The predicted octanol–water partition coefficient (Wildman–Crippen LogP) is 3.14. The number of sulfonamides is 1. The lowest BCUT2D eigenvalue weighted by Crippen LogP contribution is -2.55. The number of hydrogen-bond donors (Lipinski definition) is 1. The molecule has 1 saturated carbocycles. The Kier molecular flexibility index (Phi) is 7.26. The Morgan fingerprint density at radius 2 is 1.75 bits per heavy atom. The van der Waals surface area contributed by atoms with Crippen LogP contribution < -0.4 is 5.32 Å². The van der Waals surface area contributed by atoms with Crippen LogP contribution in [0.5, 0.6) is 0 Å². The third kappa shape index (κ3) is 5.00. The summed E-state index contributed by atoms with van der Waals surface area (Å²) in [4.78, 5) is 14.6. The minimum atomic E-state index is -3.72. The molecule has 1 aliphatic carbocycles. The number of halogens is 2. The zero-order valence-electron chi connectivity index (χ0n) is 16.0. The molecule has 1 aromatic carbocycles. The van der Waals surface area contributed by atoms with E-state index in [0.717, 1.165) is 12.8 Å². The lowest BCUT2D eigenvalue weighted by Gasteiger charge is -2.37. The van der Waals surface area contributed by atoms with Gasteiger partial charge in [-0.3, -0.25) is 9.69 Å². The molecule has 1 N–H and O–H groups in total. The van der Waals surface area contributed by atoms with Gasteiger partial charge in [0.1, 0.15) is 4.90 Å². The first-order valence-electron chi connectivity index (χ1n) is 9.78. The predicted molar refractivity (Wildman–Crippen MR) is 111 cm³/mol. The van der Waals surface area contributed by atoms with Crippen molar-refractivity contribution in [2.75, 3.05) is 26.2 Å². The molecule has 156 valence electrons. The maximum atomic E-state index is 12.9. The molecule has 0 aromatic heterocycles. The lowest BCUT2D eigenvalue weighted by atomic mass is 9.95. The molecule has 9 heteroatoms. The third-order valence-electron chi connectivity index (χ3n) is 5.66. The van der Waals surface area contributed by atoms with E-state index in [-0.39, 0.29) is 27.9 Å². The zero-order valence-corrected chi connectivity index (χ0v) is 18.4. The van der Waals surface area contributed by atoms with Crippen molar-refractivity contribution in [1.82, 2.24) is 14.5 Å². The number of rotatable bonds is 5. The van der Waals surface area contributed by atoms with Gasteiger partial charge in [-0.05, 0) is 38.0 Å². The molecule has 1 amide bonds. The molecule has 2 fully saturated rings. The number of nitrogens with one attached hydrogen (secondary N) is 1. The topological polar surface area (TPSA) is 69.7 Å². The standard InChI is InChI=1S/C19H27Cl2N3O3S/c1-14(19(25)22-16-5-3-2-4-6-16)23-9-11-24(12-10-23)28(26,27)18-13-15(20)7-8-17(18)21/h7-8,13-14,16H,2-6,9-12H2,1H3,(H,22,25)/t14-/m0/s1. The number of piperazine rings is 1. The van der Waals surface area contributed by atoms with Gasteiger partial charge in [-0.2, -0.15) is 4.31 Å². The molecule has 1 atom stereocenters. The summed E-state index contributed by atoms with van der Waals surface area (Å²) in [5, 5.41) is 3.64. The highest BCUT2D eigenvalue weighted by molar-refractivity contribution is 7.89. The summed E-state index contributed by atoms with van der Waals surface area (Å²) in [7, 11) is -3.72. The summed E-state index contributed by atoms with van der Waals surface area (Å²) in [6.45, 7) is 3.50. The van der Waals surface area contributed by atoms with Crippen molar-refractivity contribution in [2.45, 2.75) is 56.0 Å². The fourth-order valence-electron chi connectivity index (χ4n) is 3.88. The molecule has 1 heterocycles. The van der Waals surface area contributed by atoms with Crippen LogP contribution in [0.25, 0.3) is 0 Å². The minimum Gasteiger partial charge on any atom is -0.352 e. The maximum Gasteiger partial charge on any atom is 0.244 e. The Labute approximate surface area is 177 Å². The highest BCUT2D eigenvalue weighted by Crippen LogP contribution is 2.28. The molecule has 0 radical (unpaired) electrons. The van der Waals surface area contributed by atoms with Crippen molar-refractivity contribution in [1.29, 1.82) is 0 Å². The van der Waals surface area contributed by atoms with Crippen LogP contribution in [0.4, 0.5) is 0 Å². The van der Waals surface area contributed by atoms with E-state index in [2.05, 4.69) is 5.32 Å². The zero-order chi connectivity index (χ0) is 20.3. The van der Waals surface area contributed by atoms with Crippen LogP contribution in [-0.4, -0.2) is 61.8 Å². The van der Waals surface area contributed by atoms with Crippen molar-refractivity contribution >= 4 is 39.1 Å². The molecular formula is C19H27Cl2N3O3S. The second-order valence-corrected chi connectivity index (χ2v) is 10.3. The Bertz CT molecular complexity index is 805. The van der Waals surface area contributed by atoms with E-state index in [9.17, 15) is 13.2 Å². The fourth-order valence-corrected chi connectivity index (χ4v) is 6.04. The molecule has 6 nitrogen and oxygen atoms in total. The van der Waals surface area contributed by atoms with Gasteiger partial charge in [-0.25, -0.2) is 8.42 Å². The van der Waals surface area contributed by atoms with Crippen molar-refractivity contribution in [3.8, 4) is 0 Å². The first-order valence-corrected chi connectivity index (χ1v) is 12.0. The lowest BCUT2D eigenvalue weighted by molar-refractivity contribution is -0.127. The molecule has 1 aromatic rings. The molecule has 28 heavy (non-hydrogen) atoms. The van der Waals surface area contributed by atoms with Gasteiger partial charge in [0.2, 0.25) is 15.9 Å². The van der Waals surface area contributed by atoms with E-state index in [1.165, 1.54) is 35.7 Å². The number of carbonyl (C=O) groups excluding carboxylic acids is 1. The van der Waals surface area contributed by atoms with E-state index < -0.39 is 10.0 Å². The van der Waals surface area contributed by atoms with Crippen molar-refractivity contribution in [3.63, 3.8) is 0 Å². The Morgan fingerprint density at radius 1 is 1.11 bits per heavy atom. The number of carbonyl (C=O) groups is 1. The van der Waals surface area contributed by atoms with Crippen LogP contribution in [0.1, 0.15) is 39.0 Å². The quantitative estimate of drug-likeness (QED) is 0.752. The summed E-state index contributed by atoms with van der Waals surface area (Å²) < 4.78 is 27.2. The minimum absolute atomic E-state index is 0.0261. The van der Waals surface area contributed by atoms with E-state index in [1.54, 1.807) is 6.07 Å². The summed E-state index contributed by atoms with van der Waals surface area (Å²) in [5.41, 5.74) is 0. The van der Waals surface area contributed by atoms with Gasteiger partial charge in [0.15, 0.2) is 0 Å². The van der Waals surface area contributed by atoms with Crippen LogP contribution in [0, 0.1) is 0 Å². The molecular weight excluding hydrogens is 421 g/mol. The largest absolute Gasteiger partial charge is 0.352 e. The van der Waals surface area contributed by atoms with Gasteiger partial charge < -0.3 is 5.32 Å². The number of amides is 1. The first-order chi connectivity index (χ1) is 13.3. The van der Waals surface area contributed by atoms with Crippen LogP contribution >= 0.6 is 23.2 Å². The molecule has 2 aliphatic rings. The van der Waals surface area contributed by atoms with Gasteiger partial charge in [0.25, 0.3) is 0 Å². The monoisotopic (exact) mass is 447 g/mol. The Balaban J connectivity index is 1.58. The van der Waals surface area contributed by atoms with Crippen LogP contribution in [0.3, 0.4) is 0 Å². The summed E-state index contributed by atoms with van der Waals surface area (Å²) in [6, 6.07) is 4.43. The molecule has 0 spiro atoms. The number of hydrogen-bond acceptors (Lipinski definition) is 4. The Morgan fingerprint density at radius 3 is 2.39 bits per heavy atom. The molecule has 1 saturated heterocycles. The Hall–Kier alpha value is -0.860. The van der Waals surface area contributed by atoms with E-state index in [4.69, 9.17) is 23.2 Å². The smallest absolute Gasteiger partial charge is 0.244 e. The van der Waals surface area contributed by atoms with Gasteiger partial charge >= 0.3 is 0 Å². The normalized spacial score (nSPS) is 21.4. The average Bonchev–Trinajstić information content (AvgIpc) is 2.70. The van der Waals surface area contributed by atoms with E-state index in [1.807, 2.05) is 11.8 Å². The summed E-state index contributed by atoms with van der Waals surface area (Å²) in [5.74, 6) is 0.0288. The fraction of sp³-hybridized carbons (Fsp3) is 0.632. The third-order valence-corrected chi connectivity index (χ3v) is 8.28. The molecule has 0 unspecified atom stereocenters. The van der Waals surface area contributed by atoms with Crippen LogP contribution in [0.2, 0.25) is 10.0 Å². The van der Waals surface area contributed by atoms with Crippen molar-refractivity contribution in [2.24, 2.45) is 0 Å². The molecule has 1 aliphatic heterocycles. The average molecular weight is 448 g/mol. The van der Waals surface area contributed by atoms with Crippen LogP contribution in [-0.2, 0) is 14.8 Å².